The number of anilines is 1. The molecule has 0 amide bonds. The van der Waals surface area contributed by atoms with Crippen LogP contribution in [0.3, 0.4) is 0 Å². The topological polar surface area (TPSA) is 60.0 Å². The Morgan fingerprint density at radius 1 is 0.906 bits per heavy atom. The predicted molar refractivity (Wildman–Crippen MR) is 125 cm³/mol. The van der Waals surface area contributed by atoms with Gasteiger partial charge in [0.05, 0.1) is 13.2 Å². The Morgan fingerprint density at radius 3 is 2.53 bits per heavy atom. The van der Waals surface area contributed by atoms with E-state index in [4.69, 9.17) is 14.2 Å². The second-order valence-electron chi connectivity index (χ2n) is 8.13. The van der Waals surface area contributed by atoms with Crippen LogP contribution in [-0.4, -0.2) is 25.4 Å². The summed E-state index contributed by atoms with van der Waals surface area (Å²) in [6.07, 6.45) is 5.46. The first-order valence-electron chi connectivity index (χ1n) is 11.0. The average molecular weight is 430 g/mol. The highest BCUT2D eigenvalue weighted by atomic mass is 16.5. The Hall–Kier alpha value is -3.60. The number of aromatic hydroxyl groups is 1. The molecule has 3 unspecified atom stereocenters. The van der Waals surface area contributed by atoms with Crippen molar-refractivity contribution in [1.29, 1.82) is 0 Å². The van der Waals surface area contributed by atoms with E-state index in [1.807, 2.05) is 48.5 Å². The molecule has 5 rings (SSSR count). The van der Waals surface area contributed by atoms with Gasteiger partial charge in [0, 0.05) is 17.2 Å². The van der Waals surface area contributed by atoms with Crippen molar-refractivity contribution in [2.24, 2.45) is 5.92 Å². The number of fused-ring (bicyclic) bond motifs is 3. The Kier molecular flexibility index (Phi) is 5.63. The van der Waals surface area contributed by atoms with Crippen LogP contribution < -0.4 is 19.5 Å². The van der Waals surface area contributed by atoms with E-state index < -0.39 is 0 Å². The van der Waals surface area contributed by atoms with Crippen LogP contribution in [0.25, 0.3) is 0 Å². The number of hydrogen-bond acceptors (Lipinski definition) is 5. The van der Waals surface area contributed by atoms with E-state index in [0.717, 1.165) is 29.2 Å². The molecule has 5 heteroatoms. The van der Waals surface area contributed by atoms with Crippen molar-refractivity contribution in [1.82, 2.24) is 0 Å². The number of methoxy groups -OCH3 is 1. The quantitative estimate of drug-likeness (QED) is 0.373. The maximum absolute atomic E-state index is 10.7. The van der Waals surface area contributed by atoms with Crippen LogP contribution in [0.5, 0.6) is 23.0 Å². The molecule has 3 atom stereocenters. The van der Waals surface area contributed by atoms with Crippen LogP contribution in [-0.2, 0) is 0 Å². The molecule has 0 spiro atoms. The number of nitrogens with one attached hydrogen (secondary N) is 1. The first-order valence-corrected chi connectivity index (χ1v) is 11.0. The van der Waals surface area contributed by atoms with Crippen molar-refractivity contribution in [2.75, 3.05) is 25.6 Å². The molecule has 5 nitrogen and oxygen atoms in total. The number of phenolic OH excluding ortho intramolecular Hbond substituents is 1. The molecule has 3 aromatic carbocycles. The van der Waals surface area contributed by atoms with E-state index in [9.17, 15) is 5.11 Å². The molecule has 0 saturated heterocycles. The number of benzene rings is 3. The van der Waals surface area contributed by atoms with Gasteiger partial charge in [-0.15, -0.1) is 0 Å². The fourth-order valence-electron chi connectivity index (χ4n) is 4.76. The molecule has 32 heavy (non-hydrogen) atoms. The largest absolute Gasteiger partial charge is 0.504 e. The lowest BCUT2D eigenvalue weighted by Gasteiger charge is -2.38. The Labute approximate surface area is 188 Å². The summed E-state index contributed by atoms with van der Waals surface area (Å²) in [5.74, 6) is 2.97. The molecule has 0 radical (unpaired) electrons. The van der Waals surface area contributed by atoms with Crippen molar-refractivity contribution in [3.8, 4) is 23.0 Å². The monoisotopic (exact) mass is 429 g/mol. The first kappa shape index (κ1) is 20.3. The van der Waals surface area contributed by atoms with Gasteiger partial charge in [-0.1, -0.05) is 42.5 Å². The zero-order valence-corrected chi connectivity index (χ0v) is 18.0. The number of rotatable bonds is 7. The van der Waals surface area contributed by atoms with Crippen molar-refractivity contribution >= 4 is 5.69 Å². The van der Waals surface area contributed by atoms with E-state index >= 15 is 0 Å². The molecule has 1 aliphatic heterocycles. The molecule has 0 fully saturated rings. The van der Waals surface area contributed by atoms with E-state index in [1.165, 1.54) is 5.56 Å². The van der Waals surface area contributed by atoms with Crippen LogP contribution in [0.15, 0.2) is 78.9 Å². The third kappa shape index (κ3) is 3.86. The van der Waals surface area contributed by atoms with Gasteiger partial charge in [-0.05, 0) is 54.3 Å². The van der Waals surface area contributed by atoms with Crippen LogP contribution in [0.2, 0.25) is 0 Å². The Bertz CT molecular complexity index is 1110. The molecule has 0 bridgehead atoms. The minimum absolute atomic E-state index is 0.00337. The zero-order valence-electron chi connectivity index (χ0n) is 18.0. The van der Waals surface area contributed by atoms with E-state index in [-0.39, 0.29) is 17.7 Å². The number of hydrogen-bond donors (Lipinski definition) is 2. The normalized spacial score (nSPS) is 20.7. The fraction of sp³-hybridized carbons (Fsp3) is 0.259. The van der Waals surface area contributed by atoms with Gasteiger partial charge in [0.2, 0.25) is 0 Å². The van der Waals surface area contributed by atoms with Gasteiger partial charge in [0.15, 0.2) is 11.5 Å². The van der Waals surface area contributed by atoms with E-state index in [1.54, 1.807) is 13.2 Å². The molecule has 0 saturated carbocycles. The van der Waals surface area contributed by atoms with Crippen molar-refractivity contribution in [3.05, 3.63) is 90.0 Å². The summed E-state index contributed by atoms with van der Waals surface area (Å²) in [5, 5.41) is 14.4. The summed E-state index contributed by atoms with van der Waals surface area (Å²) in [7, 11) is 1.58. The van der Waals surface area contributed by atoms with Gasteiger partial charge in [-0.25, -0.2) is 0 Å². The van der Waals surface area contributed by atoms with Crippen LogP contribution in [0.4, 0.5) is 5.69 Å². The maximum atomic E-state index is 10.7. The van der Waals surface area contributed by atoms with Crippen molar-refractivity contribution in [3.63, 3.8) is 0 Å². The number of ether oxygens (including phenoxy) is 3. The molecule has 0 aromatic heterocycles. The molecule has 3 aromatic rings. The summed E-state index contributed by atoms with van der Waals surface area (Å²) in [4.78, 5) is 0. The summed E-state index contributed by atoms with van der Waals surface area (Å²) >= 11 is 0. The summed E-state index contributed by atoms with van der Waals surface area (Å²) in [5.41, 5.74) is 3.16. The molecule has 1 heterocycles. The molecular formula is C27H27NO4. The molecule has 1 aliphatic carbocycles. The lowest BCUT2D eigenvalue weighted by Crippen LogP contribution is -2.29. The minimum Gasteiger partial charge on any atom is -0.504 e. The zero-order chi connectivity index (χ0) is 21.9. The predicted octanol–water partition coefficient (Wildman–Crippen LogP) is 5.69. The fourth-order valence-corrected chi connectivity index (χ4v) is 4.76. The van der Waals surface area contributed by atoms with Crippen LogP contribution in [0, 0.1) is 5.92 Å². The summed E-state index contributed by atoms with van der Waals surface area (Å²) < 4.78 is 17.0. The van der Waals surface area contributed by atoms with Gasteiger partial charge in [0.1, 0.15) is 24.7 Å². The summed E-state index contributed by atoms with van der Waals surface area (Å²) in [6, 6.07) is 21.6. The number of phenols is 1. The highest BCUT2D eigenvalue weighted by Crippen LogP contribution is 2.52. The van der Waals surface area contributed by atoms with Gasteiger partial charge in [0.25, 0.3) is 0 Å². The minimum atomic E-state index is 0.00337. The van der Waals surface area contributed by atoms with Gasteiger partial charge >= 0.3 is 0 Å². The maximum Gasteiger partial charge on any atom is 0.163 e. The summed E-state index contributed by atoms with van der Waals surface area (Å²) in [6.45, 7) is 0.966. The van der Waals surface area contributed by atoms with E-state index in [2.05, 4.69) is 29.6 Å². The molecule has 2 aliphatic rings. The van der Waals surface area contributed by atoms with E-state index in [0.29, 0.717) is 24.9 Å². The van der Waals surface area contributed by atoms with Gasteiger partial charge < -0.3 is 24.6 Å². The Balaban J connectivity index is 1.32. The standard InChI is InChI=1S/C27H27NO4/c1-30-25-12-6-11-22(27(25)29)26-21-10-5-9-20(21)23-17-19(13-14-24(23)28-26)32-16-15-31-18-7-3-2-4-8-18/h2-9,11-14,17,20-21,26,28-29H,10,15-16H2,1H3. The average Bonchev–Trinajstić information content (AvgIpc) is 3.33. The highest BCUT2D eigenvalue weighted by molar-refractivity contribution is 5.63. The lowest BCUT2D eigenvalue weighted by molar-refractivity contribution is 0.217. The number of para-hydroxylation sites is 2. The smallest absolute Gasteiger partial charge is 0.163 e. The highest BCUT2D eigenvalue weighted by Gasteiger charge is 2.39. The SMILES string of the molecule is COc1cccc(C2Nc3ccc(OCCOc4ccccc4)cc3C3C=CCC32)c1O. The second kappa shape index (κ2) is 8.87. The lowest BCUT2D eigenvalue weighted by atomic mass is 9.76. The first-order chi connectivity index (χ1) is 15.7. The molecule has 164 valence electrons. The van der Waals surface area contributed by atoms with Crippen LogP contribution in [0.1, 0.15) is 29.5 Å². The molecule has 2 N–H and O–H groups in total. The van der Waals surface area contributed by atoms with Crippen LogP contribution >= 0.6 is 0 Å². The molecular weight excluding hydrogens is 402 g/mol. The second-order valence-corrected chi connectivity index (χ2v) is 8.13. The van der Waals surface area contributed by atoms with Gasteiger partial charge in [-0.3, -0.25) is 0 Å². The third-order valence-corrected chi connectivity index (χ3v) is 6.28. The number of allylic oxidation sites excluding steroid dienone is 2. The third-order valence-electron chi connectivity index (χ3n) is 6.28. The Morgan fingerprint density at radius 2 is 1.72 bits per heavy atom. The van der Waals surface area contributed by atoms with Crippen molar-refractivity contribution < 1.29 is 19.3 Å². The van der Waals surface area contributed by atoms with Gasteiger partial charge in [-0.2, -0.15) is 0 Å². The van der Waals surface area contributed by atoms with Crippen molar-refractivity contribution in [2.45, 2.75) is 18.4 Å².